The van der Waals surface area contributed by atoms with Crippen LogP contribution in [0.5, 0.6) is 0 Å². The van der Waals surface area contributed by atoms with Crippen LogP contribution in [-0.2, 0) is 0 Å². The van der Waals surface area contributed by atoms with Gasteiger partial charge in [0.25, 0.3) is 0 Å². The van der Waals surface area contributed by atoms with Gasteiger partial charge in [0.2, 0.25) is 0 Å². The molecular formula is C24H31N5O. The number of hydrogen-bond acceptors (Lipinski definition) is 5. The molecule has 2 aliphatic heterocycles. The largest absolute Gasteiger partial charge is 0.394 e. The average molecular weight is 406 g/mol. The van der Waals surface area contributed by atoms with E-state index in [0.717, 1.165) is 57.0 Å². The van der Waals surface area contributed by atoms with E-state index in [2.05, 4.69) is 62.0 Å². The van der Waals surface area contributed by atoms with Crippen LogP contribution < -0.4 is 9.80 Å². The van der Waals surface area contributed by atoms with Crippen molar-refractivity contribution in [2.75, 3.05) is 36.0 Å². The molecule has 6 nitrogen and oxygen atoms in total. The summed E-state index contributed by atoms with van der Waals surface area (Å²) in [4.78, 5) is 17.3. The first-order chi connectivity index (χ1) is 14.7. The third-order valence-electron chi connectivity index (χ3n) is 6.94. The van der Waals surface area contributed by atoms with Gasteiger partial charge in [-0.3, -0.25) is 0 Å². The zero-order valence-corrected chi connectivity index (χ0v) is 17.7. The van der Waals surface area contributed by atoms with Crippen molar-refractivity contribution in [3.05, 3.63) is 47.9 Å². The topological polar surface area (TPSA) is 68.3 Å². The van der Waals surface area contributed by atoms with E-state index in [9.17, 15) is 5.11 Å². The Hall–Kier alpha value is -2.60. The van der Waals surface area contributed by atoms with Gasteiger partial charge in [-0.25, -0.2) is 9.97 Å². The molecule has 4 heterocycles. The zero-order valence-electron chi connectivity index (χ0n) is 17.7. The number of H-pyrrole nitrogens is 1. The van der Waals surface area contributed by atoms with E-state index in [4.69, 9.17) is 0 Å². The van der Waals surface area contributed by atoms with Crippen molar-refractivity contribution in [3.8, 4) is 0 Å². The number of benzene rings is 1. The molecule has 0 saturated carbocycles. The third kappa shape index (κ3) is 3.54. The molecule has 2 N–H and O–H groups in total. The molecule has 2 aliphatic rings. The van der Waals surface area contributed by atoms with E-state index >= 15 is 0 Å². The lowest BCUT2D eigenvalue weighted by Gasteiger charge is -2.37. The molecule has 0 radical (unpaired) electrons. The number of aromatic amines is 1. The van der Waals surface area contributed by atoms with Gasteiger partial charge in [0.05, 0.1) is 12.6 Å². The van der Waals surface area contributed by atoms with Crippen molar-refractivity contribution < 1.29 is 5.11 Å². The molecule has 0 amide bonds. The zero-order chi connectivity index (χ0) is 20.5. The SMILES string of the molecule is Cc1[nH]c2ccccc2c1C1CCN(c2cc(N3CCCCC3CO)ncn2)CC1. The van der Waals surface area contributed by atoms with Crippen LogP contribution in [0.1, 0.15) is 49.3 Å². The molecular weight excluding hydrogens is 374 g/mol. The van der Waals surface area contributed by atoms with Crippen LogP contribution in [0, 0.1) is 6.92 Å². The minimum Gasteiger partial charge on any atom is -0.394 e. The highest BCUT2D eigenvalue weighted by atomic mass is 16.3. The summed E-state index contributed by atoms with van der Waals surface area (Å²) in [5.74, 6) is 2.55. The fraction of sp³-hybridized carbons (Fsp3) is 0.500. The van der Waals surface area contributed by atoms with E-state index < -0.39 is 0 Å². The number of piperidine rings is 2. The quantitative estimate of drug-likeness (QED) is 0.687. The Morgan fingerprint density at radius 2 is 1.83 bits per heavy atom. The molecule has 0 aliphatic carbocycles. The van der Waals surface area contributed by atoms with E-state index in [-0.39, 0.29) is 12.6 Å². The molecule has 2 fully saturated rings. The van der Waals surface area contributed by atoms with Crippen molar-refractivity contribution in [2.45, 2.75) is 51.0 Å². The number of nitrogens with one attached hydrogen (secondary N) is 1. The molecule has 0 spiro atoms. The van der Waals surface area contributed by atoms with E-state index in [0.29, 0.717) is 5.92 Å². The third-order valence-corrected chi connectivity index (χ3v) is 6.94. The summed E-state index contributed by atoms with van der Waals surface area (Å²) in [6, 6.07) is 10.9. The van der Waals surface area contributed by atoms with Crippen molar-refractivity contribution in [2.24, 2.45) is 0 Å². The summed E-state index contributed by atoms with van der Waals surface area (Å²) in [6.07, 6.45) is 7.32. The monoisotopic (exact) mass is 405 g/mol. The molecule has 1 aromatic carbocycles. The van der Waals surface area contributed by atoms with Gasteiger partial charge in [0.1, 0.15) is 18.0 Å². The Kier molecular flexibility index (Phi) is 5.34. The van der Waals surface area contributed by atoms with Crippen molar-refractivity contribution >= 4 is 22.5 Å². The molecule has 0 bridgehead atoms. The van der Waals surface area contributed by atoms with Crippen molar-refractivity contribution in [3.63, 3.8) is 0 Å². The molecule has 30 heavy (non-hydrogen) atoms. The van der Waals surface area contributed by atoms with Crippen LogP contribution in [0.2, 0.25) is 0 Å². The summed E-state index contributed by atoms with van der Waals surface area (Å²) < 4.78 is 0. The Bertz CT molecular complexity index is 1010. The Labute approximate surface area is 178 Å². The predicted octanol–water partition coefficient (Wildman–Crippen LogP) is 4.00. The lowest BCUT2D eigenvalue weighted by atomic mass is 9.87. The molecule has 5 rings (SSSR count). The Morgan fingerprint density at radius 3 is 2.67 bits per heavy atom. The van der Waals surface area contributed by atoms with Gasteiger partial charge in [-0.2, -0.15) is 0 Å². The summed E-state index contributed by atoms with van der Waals surface area (Å²) >= 11 is 0. The summed E-state index contributed by atoms with van der Waals surface area (Å²) in [7, 11) is 0. The highest BCUT2D eigenvalue weighted by Crippen LogP contribution is 2.36. The smallest absolute Gasteiger partial charge is 0.134 e. The molecule has 2 saturated heterocycles. The van der Waals surface area contributed by atoms with E-state index in [1.165, 1.54) is 28.6 Å². The van der Waals surface area contributed by atoms with Crippen LogP contribution in [0.15, 0.2) is 36.7 Å². The lowest BCUT2D eigenvalue weighted by molar-refractivity contribution is 0.239. The van der Waals surface area contributed by atoms with Crippen molar-refractivity contribution in [1.82, 2.24) is 15.0 Å². The van der Waals surface area contributed by atoms with Gasteiger partial charge < -0.3 is 19.9 Å². The van der Waals surface area contributed by atoms with E-state index in [1.807, 2.05) is 0 Å². The molecule has 158 valence electrons. The highest BCUT2D eigenvalue weighted by Gasteiger charge is 2.27. The standard InChI is InChI=1S/C24H31N5O/c1-17-24(20-7-2-3-8-21(20)27-17)18-9-12-28(13-10-18)22-14-23(26-16-25-22)29-11-5-4-6-19(29)15-30/h2-3,7-8,14,16,18-19,27,30H,4-6,9-13,15H2,1H3. The number of aliphatic hydroxyl groups is 1. The number of fused-ring (bicyclic) bond motifs is 1. The molecule has 2 aromatic heterocycles. The summed E-state index contributed by atoms with van der Waals surface area (Å²) in [6.45, 7) is 5.36. The Morgan fingerprint density at radius 1 is 1.03 bits per heavy atom. The number of nitrogens with zero attached hydrogens (tertiary/aromatic N) is 4. The first-order valence-electron chi connectivity index (χ1n) is 11.3. The Balaban J connectivity index is 1.32. The lowest BCUT2D eigenvalue weighted by Crippen LogP contribution is -2.42. The fourth-order valence-corrected chi connectivity index (χ4v) is 5.38. The van der Waals surface area contributed by atoms with Crippen LogP contribution >= 0.6 is 0 Å². The number of anilines is 2. The van der Waals surface area contributed by atoms with Crippen LogP contribution in [-0.4, -0.2) is 52.3 Å². The van der Waals surface area contributed by atoms with Gasteiger partial charge in [0, 0.05) is 42.3 Å². The highest BCUT2D eigenvalue weighted by molar-refractivity contribution is 5.85. The second-order valence-electron chi connectivity index (χ2n) is 8.73. The molecule has 1 atom stereocenters. The average Bonchev–Trinajstić information content (AvgIpc) is 3.15. The van der Waals surface area contributed by atoms with Crippen LogP contribution in [0.25, 0.3) is 10.9 Å². The predicted molar refractivity (Wildman–Crippen MR) is 121 cm³/mol. The van der Waals surface area contributed by atoms with Gasteiger partial charge >= 0.3 is 0 Å². The van der Waals surface area contributed by atoms with Gasteiger partial charge in [-0.1, -0.05) is 18.2 Å². The van der Waals surface area contributed by atoms with Crippen LogP contribution in [0.3, 0.4) is 0 Å². The molecule has 1 unspecified atom stereocenters. The summed E-state index contributed by atoms with van der Waals surface area (Å²) in [5, 5.41) is 11.1. The number of rotatable bonds is 4. The maximum Gasteiger partial charge on any atom is 0.134 e. The summed E-state index contributed by atoms with van der Waals surface area (Å²) in [5.41, 5.74) is 4.04. The molecule has 6 heteroatoms. The van der Waals surface area contributed by atoms with Crippen molar-refractivity contribution in [1.29, 1.82) is 0 Å². The number of aryl methyl sites for hydroxylation is 1. The minimum absolute atomic E-state index is 0.178. The number of para-hydroxylation sites is 1. The maximum absolute atomic E-state index is 9.76. The van der Waals surface area contributed by atoms with Gasteiger partial charge in [0.15, 0.2) is 0 Å². The maximum atomic E-state index is 9.76. The second-order valence-corrected chi connectivity index (χ2v) is 8.73. The van der Waals surface area contributed by atoms with E-state index in [1.54, 1.807) is 6.33 Å². The van der Waals surface area contributed by atoms with Crippen LogP contribution in [0.4, 0.5) is 11.6 Å². The van der Waals surface area contributed by atoms with Gasteiger partial charge in [-0.15, -0.1) is 0 Å². The number of aromatic nitrogens is 3. The first kappa shape index (κ1) is 19.4. The number of aliphatic hydroxyl groups excluding tert-OH is 1. The second kappa shape index (κ2) is 8.26. The normalized spacial score (nSPS) is 20.8. The molecule has 3 aromatic rings. The number of hydrogen-bond donors (Lipinski definition) is 2. The van der Waals surface area contributed by atoms with Gasteiger partial charge in [-0.05, 0) is 56.6 Å². The fourth-order valence-electron chi connectivity index (χ4n) is 5.38. The minimum atomic E-state index is 0.178. The first-order valence-corrected chi connectivity index (χ1v) is 11.3.